The molecule has 1 saturated heterocycles. The number of benzene rings is 2. The molecular weight excluding hydrogens is 432 g/mol. The fraction of sp³-hybridized carbons (Fsp3) is 0.148. The van der Waals surface area contributed by atoms with E-state index < -0.39 is 17.7 Å². The number of amides is 1. The van der Waals surface area contributed by atoms with Crippen molar-refractivity contribution in [3.05, 3.63) is 108 Å². The number of aliphatic hydroxyl groups excluding tert-OH is 1. The highest BCUT2D eigenvalue weighted by Gasteiger charge is 2.46. The molecule has 7 heteroatoms. The Hall–Kier alpha value is -4.39. The summed E-state index contributed by atoms with van der Waals surface area (Å²) in [5.41, 5.74) is 1.89. The van der Waals surface area contributed by atoms with Crippen LogP contribution in [0.5, 0.6) is 11.5 Å². The van der Waals surface area contributed by atoms with E-state index in [2.05, 4.69) is 11.6 Å². The number of carbonyl (C=O) groups excluding carboxylic acids is 2. The second-order valence-corrected chi connectivity index (χ2v) is 7.68. The van der Waals surface area contributed by atoms with Gasteiger partial charge in [-0.2, -0.15) is 0 Å². The molecule has 1 aliphatic rings. The molecule has 172 valence electrons. The highest BCUT2D eigenvalue weighted by Crippen LogP contribution is 2.41. The Bertz CT molecular complexity index is 1240. The first kappa shape index (κ1) is 22.8. The lowest BCUT2D eigenvalue weighted by molar-refractivity contribution is -0.140. The number of carbonyl (C=O) groups is 2. The molecule has 2 heterocycles. The van der Waals surface area contributed by atoms with E-state index in [0.29, 0.717) is 29.2 Å². The molecule has 1 unspecified atom stereocenters. The molecular formula is C27H24N2O5. The first-order valence-electron chi connectivity index (χ1n) is 10.7. The maximum absolute atomic E-state index is 13.2. The van der Waals surface area contributed by atoms with Gasteiger partial charge in [0, 0.05) is 24.5 Å². The molecule has 1 atom stereocenters. The average molecular weight is 456 g/mol. The fourth-order valence-corrected chi connectivity index (χ4v) is 3.90. The van der Waals surface area contributed by atoms with Crippen molar-refractivity contribution < 1.29 is 24.2 Å². The average Bonchev–Trinajstić information content (AvgIpc) is 3.13. The molecule has 1 amide bonds. The van der Waals surface area contributed by atoms with Crippen LogP contribution in [0.25, 0.3) is 5.76 Å². The maximum Gasteiger partial charge on any atom is 0.295 e. The van der Waals surface area contributed by atoms with Crippen LogP contribution in [-0.4, -0.2) is 40.4 Å². The van der Waals surface area contributed by atoms with Gasteiger partial charge in [0.2, 0.25) is 0 Å². The van der Waals surface area contributed by atoms with Crippen molar-refractivity contribution >= 4 is 17.4 Å². The minimum Gasteiger partial charge on any atom is -0.507 e. The Morgan fingerprint density at radius 3 is 2.50 bits per heavy atom. The molecule has 0 bridgehead atoms. The standard InChI is InChI=1S/C27H24N2O5/c1-3-15-34-21-9-7-19(8-10-21)24-23(25(30)20-5-4-6-22(16-20)33-2)26(31)27(32)29(24)17-18-11-13-28-14-12-18/h3-14,16,24,30H,1,15,17H2,2H3. The van der Waals surface area contributed by atoms with Gasteiger partial charge >= 0.3 is 0 Å². The topological polar surface area (TPSA) is 89.0 Å². The lowest BCUT2D eigenvalue weighted by Crippen LogP contribution is -2.29. The van der Waals surface area contributed by atoms with E-state index in [1.54, 1.807) is 79.1 Å². The summed E-state index contributed by atoms with van der Waals surface area (Å²) < 4.78 is 10.8. The number of hydrogen-bond donors (Lipinski definition) is 1. The highest BCUT2D eigenvalue weighted by atomic mass is 16.5. The van der Waals surface area contributed by atoms with E-state index in [-0.39, 0.29) is 17.9 Å². The van der Waals surface area contributed by atoms with Gasteiger partial charge in [0.25, 0.3) is 11.7 Å². The second-order valence-electron chi connectivity index (χ2n) is 7.68. The third kappa shape index (κ3) is 4.54. The van der Waals surface area contributed by atoms with Crippen LogP contribution in [0.3, 0.4) is 0 Å². The molecule has 1 aliphatic heterocycles. The normalized spacial score (nSPS) is 17.0. The van der Waals surface area contributed by atoms with E-state index >= 15 is 0 Å². The van der Waals surface area contributed by atoms with Crippen molar-refractivity contribution in [3.63, 3.8) is 0 Å². The minimum atomic E-state index is -0.784. The Morgan fingerprint density at radius 1 is 1.09 bits per heavy atom. The quantitative estimate of drug-likeness (QED) is 0.236. The number of aliphatic hydroxyl groups is 1. The smallest absolute Gasteiger partial charge is 0.295 e. The Morgan fingerprint density at radius 2 is 1.82 bits per heavy atom. The Balaban J connectivity index is 1.82. The molecule has 1 fully saturated rings. The van der Waals surface area contributed by atoms with Gasteiger partial charge < -0.3 is 19.5 Å². The predicted molar refractivity (Wildman–Crippen MR) is 127 cm³/mol. The van der Waals surface area contributed by atoms with Gasteiger partial charge in [0.1, 0.15) is 23.9 Å². The van der Waals surface area contributed by atoms with Crippen molar-refractivity contribution in [2.24, 2.45) is 0 Å². The SMILES string of the molecule is C=CCOc1ccc(C2C(=C(O)c3cccc(OC)c3)C(=O)C(=O)N2Cc2ccncc2)cc1. The third-order valence-corrected chi connectivity index (χ3v) is 5.55. The molecule has 0 aliphatic carbocycles. The Labute approximate surface area is 197 Å². The number of pyridine rings is 1. The van der Waals surface area contributed by atoms with Crippen LogP contribution in [0.4, 0.5) is 0 Å². The number of ether oxygens (including phenoxy) is 2. The summed E-state index contributed by atoms with van der Waals surface area (Å²) in [6.45, 7) is 4.18. The number of likely N-dealkylation sites (tertiary alicyclic amines) is 1. The first-order valence-corrected chi connectivity index (χ1v) is 10.7. The molecule has 1 N–H and O–H groups in total. The number of ketones is 1. The highest BCUT2D eigenvalue weighted by molar-refractivity contribution is 6.46. The van der Waals surface area contributed by atoms with Crippen LogP contribution in [0.1, 0.15) is 22.7 Å². The van der Waals surface area contributed by atoms with Gasteiger partial charge in [-0.25, -0.2) is 0 Å². The molecule has 2 aromatic carbocycles. The van der Waals surface area contributed by atoms with Crippen LogP contribution in [-0.2, 0) is 16.1 Å². The molecule has 0 saturated carbocycles. The zero-order valence-corrected chi connectivity index (χ0v) is 18.7. The van der Waals surface area contributed by atoms with Crippen molar-refractivity contribution in [1.29, 1.82) is 0 Å². The van der Waals surface area contributed by atoms with Gasteiger partial charge in [0.15, 0.2) is 0 Å². The number of hydrogen-bond acceptors (Lipinski definition) is 6. The Kier molecular flexibility index (Phi) is 6.73. The largest absolute Gasteiger partial charge is 0.507 e. The number of aromatic nitrogens is 1. The second kappa shape index (κ2) is 10.0. The van der Waals surface area contributed by atoms with Gasteiger partial charge in [0.05, 0.1) is 18.7 Å². The van der Waals surface area contributed by atoms with E-state index in [1.165, 1.54) is 12.0 Å². The van der Waals surface area contributed by atoms with Gasteiger partial charge in [-0.3, -0.25) is 14.6 Å². The summed E-state index contributed by atoms with van der Waals surface area (Å²) in [4.78, 5) is 31.8. The van der Waals surface area contributed by atoms with Crippen molar-refractivity contribution in [3.8, 4) is 11.5 Å². The van der Waals surface area contributed by atoms with Crippen LogP contribution in [0.2, 0.25) is 0 Å². The van der Waals surface area contributed by atoms with Gasteiger partial charge in [-0.1, -0.05) is 36.9 Å². The molecule has 0 spiro atoms. The monoisotopic (exact) mass is 456 g/mol. The summed E-state index contributed by atoms with van der Waals surface area (Å²) in [6, 6.07) is 16.6. The van der Waals surface area contributed by atoms with Crippen molar-refractivity contribution in [2.45, 2.75) is 12.6 Å². The summed E-state index contributed by atoms with van der Waals surface area (Å²) in [6.07, 6.45) is 4.90. The fourth-order valence-electron chi connectivity index (χ4n) is 3.90. The zero-order chi connectivity index (χ0) is 24.1. The van der Waals surface area contributed by atoms with E-state index in [1.807, 2.05) is 0 Å². The predicted octanol–water partition coefficient (Wildman–Crippen LogP) is 4.28. The van der Waals surface area contributed by atoms with Crippen molar-refractivity contribution in [2.75, 3.05) is 13.7 Å². The maximum atomic E-state index is 13.2. The zero-order valence-electron chi connectivity index (χ0n) is 18.7. The van der Waals surface area contributed by atoms with Crippen LogP contribution >= 0.6 is 0 Å². The third-order valence-electron chi connectivity index (χ3n) is 5.55. The van der Waals surface area contributed by atoms with E-state index in [4.69, 9.17) is 9.47 Å². The number of methoxy groups -OCH3 is 1. The van der Waals surface area contributed by atoms with Crippen LogP contribution in [0.15, 0.2) is 91.3 Å². The molecule has 3 aromatic rings. The van der Waals surface area contributed by atoms with E-state index in [9.17, 15) is 14.7 Å². The summed E-state index contributed by atoms with van der Waals surface area (Å²) in [7, 11) is 1.52. The number of Topliss-reactive ketones (excluding diaryl/α,β-unsaturated/α-hetero) is 1. The van der Waals surface area contributed by atoms with Crippen molar-refractivity contribution in [1.82, 2.24) is 9.88 Å². The molecule has 7 nitrogen and oxygen atoms in total. The number of rotatable bonds is 8. The van der Waals surface area contributed by atoms with Gasteiger partial charge in [-0.05, 0) is 47.5 Å². The summed E-state index contributed by atoms with van der Waals surface area (Å²) in [5, 5.41) is 11.2. The number of nitrogens with zero attached hydrogens (tertiary/aromatic N) is 2. The summed E-state index contributed by atoms with van der Waals surface area (Å²) in [5.74, 6) is -0.533. The molecule has 0 radical (unpaired) electrons. The molecule has 4 rings (SSSR count). The lowest BCUT2D eigenvalue weighted by atomic mass is 9.95. The van der Waals surface area contributed by atoms with Gasteiger partial charge in [-0.15, -0.1) is 0 Å². The summed E-state index contributed by atoms with van der Waals surface area (Å²) >= 11 is 0. The van der Waals surface area contributed by atoms with E-state index in [0.717, 1.165) is 5.56 Å². The minimum absolute atomic E-state index is 0.0204. The lowest BCUT2D eigenvalue weighted by Gasteiger charge is -2.25. The van der Waals surface area contributed by atoms with Crippen LogP contribution in [0, 0.1) is 0 Å². The first-order chi connectivity index (χ1) is 16.5. The molecule has 1 aromatic heterocycles. The van der Waals surface area contributed by atoms with Crippen LogP contribution < -0.4 is 9.47 Å². The molecule has 34 heavy (non-hydrogen) atoms.